The molecule has 1 aromatic carbocycles. The van der Waals surface area contributed by atoms with Crippen LogP contribution in [0.25, 0.3) is 10.7 Å². The Hall–Kier alpha value is -3.72. The van der Waals surface area contributed by atoms with E-state index in [0.717, 1.165) is 16.3 Å². The molecule has 0 aliphatic rings. The van der Waals surface area contributed by atoms with Crippen molar-refractivity contribution in [1.82, 2.24) is 19.7 Å². The van der Waals surface area contributed by atoms with E-state index in [1.807, 2.05) is 41.8 Å². The summed E-state index contributed by atoms with van der Waals surface area (Å²) < 4.78 is 12.5. The molecule has 4 aromatic rings. The fourth-order valence-corrected chi connectivity index (χ4v) is 3.95. The topological polar surface area (TPSA) is 91.2 Å². The summed E-state index contributed by atoms with van der Waals surface area (Å²) in [6.07, 6.45) is 3.53. The zero-order chi connectivity index (χ0) is 21.6. The standard InChI is InChI=1S/C22H21N5O3S/c1-29-18-8-5-6-15(21(18)30-2)13-27-19(9-11-24-27)26-20(28)12-16-14-31-22(25-16)17-7-3-4-10-23-17/h3-11,14H,12-13H2,1-2H3,(H,26,28). The second-order valence-corrected chi connectivity index (χ2v) is 7.47. The molecule has 158 valence electrons. The van der Waals surface area contributed by atoms with E-state index in [1.165, 1.54) is 11.3 Å². The highest BCUT2D eigenvalue weighted by Gasteiger charge is 2.15. The maximum absolute atomic E-state index is 12.6. The van der Waals surface area contributed by atoms with Crippen molar-refractivity contribution in [2.75, 3.05) is 19.5 Å². The fourth-order valence-electron chi connectivity index (χ4n) is 3.15. The smallest absolute Gasteiger partial charge is 0.231 e. The Morgan fingerprint density at radius 3 is 2.77 bits per heavy atom. The zero-order valence-electron chi connectivity index (χ0n) is 17.1. The van der Waals surface area contributed by atoms with Crippen LogP contribution in [0.5, 0.6) is 11.5 Å². The minimum absolute atomic E-state index is 0.164. The van der Waals surface area contributed by atoms with Gasteiger partial charge in [-0.05, 0) is 18.2 Å². The Balaban J connectivity index is 1.44. The summed E-state index contributed by atoms with van der Waals surface area (Å²) in [5.41, 5.74) is 2.38. The number of hydrogen-bond donors (Lipinski definition) is 1. The van der Waals surface area contributed by atoms with Crippen molar-refractivity contribution in [2.45, 2.75) is 13.0 Å². The van der Waals surface area contributed by atoms with Gasteiger partial charge in [-0.25, -0.2) is 9.67 Å². The van der Waals surface area contributed by atoms with Crippen molar-refractivity contribution in [3.8, 4) is 22.2 Å². The molecule has 0 fully saturated rings. The number of nitrogens with zero attached hydrogens (tertiary/aromatic N) is 4. The van der Waals surface area contributed by atoms with Gasteiger partial charge in [0.2, 0.25) is 5.91 Å². The van der Waals surface area contributed by atoms with Gasteiger partial charge >= 0.3 is 0 Å². The van der Waals surface area contributed by atoms with Crippen LogP contribution in [0.4, 0.5) is 5.82 Å². The second kappa shape index (κ2) is 9.40. The summed E-state index contributed by atoms with van der Waals surface area (Å²) >= 11 is 1.47. The number of benzene rings is 1. The number of carbonyl (C=O) groups excluding carboxylic acids is 1. The van der Waals surface area contributed by atoms with Gasteiger partial charge in [0, 0.05) is 23.2 Å². The first-order valence-corrected chi connectivity index (χ1v) is 10.4. The summed E-state index contributed by atoms with van der Waals surface area (Å²) in [5.74, 6) is 1.71. The predicted octanol–water partition coefficient (Wildman–Crippen LogP) is 3.65. The lowest BCUT2D eigenvalue weighted by Crippen LogP contribution is -2.18. The number of aromatic nitrogens is 4. The van der Waals surface area contributed by atoms with Crippen molar-refractivity contribution in [2.24, 2.45) is 0 Å². The summed E-state index contributed by atoms with van der Waals surface area (Å²) in [5, 5.41) is 9.91. The molecule has 1 N–H and O–H groups in total. The highest BCUT2D eigenvalue weighted by molar-refractivity contribution is 7.13. The number of carbonyl (C=O) groups is 1. The summed E-state index contributed by atoms with van der Waals surface area (Å²) in [4.78, 5) is 21.4. The Morgan fingerprint density at radius 2 is 2.00 bits per heavy atom. The summed E-state index contributed by atoms with van der Waals surface area (Å²) in [7, 11) is 3.19. The van der Waals surface area contributed by atoms with E-state index in [9.17, 15) is 4.79 Å². The number of ether oxygens (including phenoxy) is 2. The highest BCUT2D eigenvalue weighted by Crippen LogP contribution is 2.31. The molecule has 0 aliphatic carbocycles. The lowest BCUT2D eigenvalue weighted by Gasteiger charge is -2.14. The van der Waals surface area contributed by atoms with E-state index < -0.39 is 0 Å². The third-order valence-electron chi connectivity index (χ3n) is 4.57. The normalized spacial score (nSPS) is 10.6. The van der Waals surface area contributed by atoms with Crippen LogP contribution in [0.3, 0.4) is 0 Å². The second-order valence-electron chi connectivity index (χ2n) is 6.61. The van der Waals surface area contributed by atoms with Crippen molar-refractivity contribution in [3.05, 3.63) is 71.5 Å². The molecule has 8 nitrogen and oxygen atoms in total. The molecule has 0 radical (unpaired) electrons. The van der Waals surface area contributed by atoms with Crippen molar-refractivity contribution in [3.63, 3.8) is 0 Å². The number of amides is 1. The Bertz CT molecular complexity index is 1170. The zero-order valence-corrected chi connectivity index (χ0v) is 17.9. The molecule has 9 heteroatoms. The number of hydrogen-bond acceptors (Lipinski definition) is 7. The first kappa shape index (κ1) is 20.5. The van der Waals surface area contributed by atoms with Crippen LogP contribution in [0.1, 0.15) is 11.3 Å². The Kier molecular flexibility index (Phi) is 6.23. The van der Waals surface area contributed by atoms with Gasteiger partial charge in [-0.1, -0.05) is 18.2 Å². The van der Waals surface area contributed by atoms with Crippen LogP contribution in [-0.4, -0.2) is 39.9 Å². The molecule has 0 spiro atoms. The van der Waals surface area contributed by atoms with Gasteiger partial charge in [0.1, 0.15) is 10.8 Å². The van der Waals surface area contributed by atoms with Crippen LogP contribution in [0.15, 0.2) is 60.2 Å². The van der Waals surface area contributed by atoms with E-state index in [2.05, 4.69) is 20.4 Å². The van der Waals surface area contributed by atoms with E-state index in [1.54, 1.807) is 37.4 Å². The number of anilines is 1. The molecule has 3 heterocycles. The Morgan fingerprint density at radius 1 is 1.10 bits per heavy atom. The Labute approximate surface area is 183 Å². The molecule has 0 unspecified atom stereocenters. The molecular formula is C22H21N5O3S. The van der Waals surface area contributed by atoms with Crippen LogP contribution >= 0.6 is 11.3 Å². The number of nitrogens with one attached hydrogen (secondary N) is 1. The molecule has 0 saturated heterocycles. The number of methoxy groups -OCH3 is 2. The van der Waals surface area contributed by atoms with E-state index in [-0.39, 0.29) is 12.3 Å². The van der Waals surface area contributed by atoms with Gasteiger partial charge in [0.05, 0.1) is 44.8 Å². The van der Waals surface area contributed by atoms with Crippen molar-refractivity contribution in [1.29, 1.82) is 0 Å². The number of rotatable bonds is 8. The molecule has 0 saturated carbocycles. The minimum atomic E-state index is -0.169. The average Bonchev–Trinajstić information content (AvgIpc) is 3.43. The number of pyridine rings is 1. The molecule has 0 atom stereocenters. The van der Waals surface area contributed by atoms with Crippen molar-refractivity contribution >= 4 is 23.1 Å². The predicted molar refractivity (Wildman–Crippen MR) is 119 cm³/mol. The first-order valence-electron chi connectivity index (χ1n) is 9.55. The van der Waals surface area contributed by atoms with Crippen LogP contribution in [0.2, 0.25) is 0 Å². The van der Waals surface area contributed by atoms with Gasteiger partial charge in [-0.2, -0.15) is 5.10 Å². The van der Waals surface area contributed by atoms with Crippen LogP contribution in [-0.2, 0) is 17.8 Å². The van der Waals surface area contributed by atoms with Gasteiger partial charge < -0.3 is 14.8 Å². The van der Waals surface area contributed by atoms with Gasteiger partial charge in [0.15, 0.2) is 11.5 Å². The molecule has 4 rings (SSSR count). The highest BCUT2D eigenvalue weighted by atomic mass is 32.1. The van der Waals surface area contributed by atoms with E-state index >= 15 is 0 Å². The van der Waals surface area contributed by atoms with Crippen LogP contribution < -0.4 is 14.8 Å². The lowest BCUT2D eigenvalue weighted by molar-refractivity contribution is -0.115. The largest absolute Gasteiger partial charge is 0.493 e. The maximum Gasteiger partial charge on any atom is 0.231 e. The third kappa shape index (κ3) is 4.72. The molecule has 0 aliphatic heterocycles. The fraction of sp³-hybridized carbons (Fsp3) is 0.182. The summed E-state index contributed by atoms with van der Waals surface area (Å²) in [6, 6.07) is 13.1. The van der Waals surface area contributed by atoms with Gasteiger partial charge in [-0.3, -0.25) is 9.78 Å². The minimum Gasteiger partial charge on any atom is -0.493 e. The summed E-state index contributed by atoms with van der Waals surface area (Å²) in [6.45, 7) is 0.420. The molecular weight excluding hydrogens is 414 g/mol. The number of para-hydroxylation sites is 1. The van der Waals surface area contributed by atoms with E-state index in [4.69, 9.17) is 9.47 Å². The molecule has 0 bridgehead atoms. The van der Waals surface area contributed by atoms with Gasteiger partial charge in [-0.15, -0.1) is 11.3 Å². The SMILES string of the molecule is COc1cccc(Cn2nccc2NC(=O)Cc2csc(-c3ccccn3)n2)c1OC. The van der Waals surface area contributed by atoms with E-state index in [0.29, 0.717) is 29.6 Å². The first-order chi connectivity index (χ1) is 15.2. The molecule has 1 amide bonds. The van der Waals surface area contributed by atoms with Gasteiger partial charge in [0.25, 0.3) is 0 Å². The quantitative estimate of drug-likeness (QED) is 0.454. The molecule has 31 heavy (non-hydrogen) atoms. The average molecular weight is 436 g/mol. The van der Waals surface area contributed by atoms with Crippen molar-refractivity contribution < 1.29 is 14.3 Å². The third-order valence-corrected chi connectivity index (χ3v) is 5.48. The monoisotopic (exact) mass is 435 g/mol. The molecule has 3 aromatic heterocycles. The number of thiazole rings is 1. The van der Waals surface area contributed by atoms with Crippen LogP contribution in [0, 0.1) is 0 Å². The maximum atomic E-state index is 12.6. The lowest BCUT2D eigenvalue weighted by atomic mass is 10.2.